The molecule has 2 N–H and O–H groups in total. The van der Waals surface area contributed by atoms with Gasteiger partial charge >= 0.3 is 5.97 Å². The van der Waals surface area contributed by atoms with Gasteiger partial charge in [0.25, 0.3) is 0 Å². The summed E-state index contributed by atoms with van der Waals surface area (Å²) in [6, 6.07) is 0. The predicted molar refractivity (Wildman–Crippen MR) is 133 cm³/mol. The summed E-state index contributed by atoms with van der Waals surface area (Å²) in [6.45, 7) is 16.5. The van der Waals surface area contributed by atoms with E-state index in [-0.39, 0.29) is 33.2 Å². The lowest BCUT2D eigenvalue weighted by Crippen LogP contribution is -2.61. The van der Waals surface area contributed by atoms with E-state index in [4.69, 9.17) is 0 Å². The third kappa shape index (κ3) is 2.81. The first-order valence-corrected chi connectivity index (χ1v) is 13.5. The highest BCUT2D eigenvalue weighted by Crippen LogP contribution is 2.74. The molecule has 5 rings (SSSR count). The third-order valence-corrected chi connectivity index (χ3v) is 12.7. The number of carbonyl (C=O) groups is 1. The summed E-state index contributed by atoms with van der Waals surface area (Å²) in [4.78, 5) is 12.2. The molecule has 0 aromatic carbocycles. The fourth-order valence-electron chi connectivity index (χ4n) is 9.84. The Kier molecular flexibility index (Phi) is 4.85. The van der Waals surface area contributed by atoms with Crippen molar-refractivity contribution in [3.8, 4) is 0 Å². The number of allylic oxidation sites excluding steroid dienone is 4. The standard InChI is InChI=1S/C30H46O3/c1-25(2)21-10-13-30(7)22(28(21,5)12-11-23(25)31)9-8-19-20-18-27(4,24(32)33)15-14-26(20,3)16-17-29(19,30)6/h8-9,20-21,23,31H,10-18H2,1-7H3,(H,32,33)/t20-,21+,23-,26+,27-,28-,29+,30+/m0/s1. The van der Waals surface area contributed by atoms with Crippen LogP contribution in [0.3, 0.4) is 0 Å². The molecule has 0 aromatic rings. The van der Waals surface area contributed by atoms with Gasteiger partial charge in [-0.25, -0.2) is 0 Å². The van der Waals surface area contributed by atoms with Crippen LogP contribution in [-0.4, -0.2) is 22.3 Å². The van der Waals surface area contributed by atoms with Gasteiger partial charge in [-0.15, -0.1) is 0 Å². The number of aliphatic hydroxyl groups excluding tert-OH is 1. The molecule has 3 nitrogen and oxygen atoms in total. The van der Waals surface area contributed by atoms with Crippen LogP contribution in [0, 0.1) is 44.3 Å². The van der Waals surface area contributed by atoms with Crippen molar-refractivity contribution in [2.24, 2.45) is 44.3 Å². The molecule has 33 heavy (non-hydrogen) atoms. The molecule has 4 saturated carbocycles. The van der Waals surface area contributed by atoms with E-state index in [0.29, 0.717) is 11.8 Å². The van der Waals surface area contributed by atoms with Gasteiger partial charge in [0.1, 0.15) is 0 Å². The van der Waals surface area contributed by atoms with E-state index in [9.17, 15) is 15.0 Å². The Morgan fingerprint density at radius 3 is 2.18 bits per heavy atom. The highest BCUT2D eigenvalue weighted by molar-refractivity contribution is 5.74. The molecule has 8 atom stereocenters. The van der Waals surface area contributed by atoms with Crippen molar-refractivity contribution in [3.05, 3.63) is 23.3 Å². The second-order valence-electron chi connectivity index (χ2n) is 14.5. The van der Waals surface area contributed by atoms with Crippen molar-refractivity contribution in [3.63, 3.8) is 0 Å². The van der Waals surface area contributed by atoms with E-state index in [2.05, 4.69) is 53.7 Å². The lowest BCUT2D eigenvalue weighted by molar-refractivity contribution is -0.155. The average molecular weight is 455 g/mol. The third-order valence-electron chi connectivity index (χ3n) is 12.7. The van der Waals surface area contributed by atoms with Gasteiger partial charge in [0, 0.05) is 0 Å². The van der Waals surface area contributed by atoms with Crippen LogP contribution < -0.4 is 0 Å². The molecule has 3 heteroatoms. The maximum atomic E-state index is 12.2. The van der Waals surface area contributed by atoms with Crippen LogP contribution in [0.25, 0.3) is 0 Å². The van der Waals surface area contributed by atoms with E-state index < -0.39 is 11.4 Å². The van der Waals surface area contributed by atoms with Gasteiger partial charge < -0.3 is 10.2 Å². The quantitative estimate of drug-likeness (QED) is 0.442. The number of hydrogen-bond acceptors (Lipinski definition) is 2. The Bertz CT molecular complexity index is 944. The molecule has 0 bridgehead atoms. The summed E-state index contributed by atoms with van der Waals surface area (Å²) < 4.78 is 0. The summed E-state index contributed by atoms with van der Waals surface area (Å²) in [5, 5.41) is 20.9. The Labute approximate surface area is 201 Å². The molecule has 5 aliphatic rings. The Balaban J connectivity index is 1.62. The minimum Gasteiger partial charge on any atom is -0.481 e. The number of aliphatic hydroxyl groups is 1. The van der Waals surface area contributed by atoms with E-state index in [1.54, 1.807) is 11.1 Å². The van der Waals surface area contributed by atoms with Gasteiger partial charge in [0.2, 0.25) is 0 Å². The minimum absolute atomic E-state index is 0.0577. The van der Waals surface area contributed by atoms with Crippen molar-refractivity contribution in [2.45, 2.75) is 112 Å². The highest BCUT2D eigenvalue weighted by atomic mass is 16.4. The second kappa shape index (κ2) is 6.77. The predicted octanol–water partition coefficient (Wildman–Crippen LogP) is 7.15. The average Bonchev–Trinajstić information content (AvgIpc) is 2.73. The molecule has 0 unspecified atom stereocenters. The number of rotatable bonds is 1. The van der Waals surface area contributed by atoms with Crippen molar-refractivity contribution in [2.75, 3.05) is 0 Å². The van der Waals surface area contributed by atoms with Crippen LogP contribution in [0.4, 0.5) is 0 Å². The van der Waals surface area contributed by atoms with Gasteiger partial charge in [0.15, 0.2) is 0 Å². The zero-order chi connectivity index (χ0) is 24.2. The lowest BCUT2D eigenvalue weighted by Gasteiger charge is -2.68. The zero-order valence-corrected chi connectivity index (χ0v) is 22.1. The summed E-state index contributed by atoms with van der Waals surface area (Å²) in [5.41, 5.74) is 3.05. The molecule has 0 aromatic heterocycles. The maximum Gasteiger partial charge on any atom is 0.309 e. The first-order valence-electron chi connectivity index (χ1n) is 13.5. The SMILES string of the molecule is CC1(C)[C@H]2CC[C@]3(C)C(=CC=C4[C@@H]5C[C@@](C)(C(=O)O)CC[C@]5(C)CC[C@]43C)[C@@]2(C)CC[C@@H]1O. The molecule has 0 heterocycles. The molecule has 0 amide bonds. The van der Waals surface area contributed by atoms with Gasteiger partial charge in [-0.05, 0) is 104 Å². The molecule has 0 radical (unpaired) electrons. The molecule has 184 valence electrons. The fraction of sp³-hybridized carbons (Fsp3) is 0.833. The monoisotopic (exact) mass is 454 g/mol. The van der Waals surface area contributed by atoms with Gasteiger partial charge in [-0.1, -0.05) is 64.8 Å². The van der Waals surface area contributed by atoms with E-state index in [0.717, 1.165) is 32.1 Å². The number of hydrogen-bond donors (Lipinski definition) is 2. The van der Waals surface area contributed by atoms with Gasteiger partial charge in [0.05, 0.1) is 11.5 Å². The number of aliphatic carboxylic acids is 1. The molecule has 0 saturated heterocycles. The second-order valence-corrected chi connectivity index (χ2v) is 14.5. The topological polar surface area (TPSA) is 57.5 Å². The van der Waals surface area contributed by atoms with Crippen LogP contribution >= 0.6 is 0 Å². The normalized spacial score (nSPS) is 52.9. The van der Waals surface area contributed by atoms with Crippen LogP contribution in [0.15, 0.2) is 23.3 Å². The fourth-order valence-corrected chi connectivity index (χ4v) is 9.84. The molecular formula is C30H46O3. The number of fused-ring (bicyclic) bond motifs is 7. The molecule has 0 spiro atoms. The Hall–Kier alpha value is -1.09. The van der Waals surface area contributed by atoms with Gasteiger partial charge in [-0.3, -0.25) is 4.79 Å². The van der Waals surface area contributed by atoms with Gasteiger partial charge in [-0.2, -0.15) is 0 Å². The maximum absolute atomic E-state index is 12.2. The zero-order valence-electron chi connectivity index (χ0n) is 22.1. The Morgan fingerprint density at radius 2 is 1.52 bits per heavy atom. The van der Waals surface area contributed by atoms with Crippen molar-refractivity contribution >= 4 is 5.97 Å². The van der Waals surface area contributed by atoms with E-state index in [1.807, 2.05) is 6.92 Å². The van der Waals surface area contributed by atoms with E-state index in [1.165, 1.54) is 25.7 Å². The number of carboxylic acids is 1. The first kappa shape index (κ1) is 23.6. The highest BCUT2D eigenvalue weighted by Gasteiger charge is 2.66. The van der Waals surface area contributed by atoms with E-state index >= 15 is 0 Å². The van der Waals surface area contributed by atoms with Crippen LogP contribution in [0.2, 0.25) is 0 Å². The Morgan fingerprint density at radius 1 is 0.848 bits per heavy atom. The lowest BCUT2D eigenvalue weighted by atomic mass is 9.36. The summed E-state index contributed by atoms with van der Waals surface area (Å²) in [6.07, 6.45) is 14.0. The summed E-state index contributed by atoms with van der Waals surface area (Å²) in [7, 11) is 0. The molecule has 4 fully saturated rings. The summed E-state index contributed by atoms with van der Waals surface area (Å²) >= 11 is 0. The van der Waals surface area contributed by atoms with Crippen molar-refractivity contribution < 1.29 is 15.0 Å². The smallest absolute Gasteiger partial charge is 0.309 e. The van der Waals surface area contributed by atoms with Crippen molar-refractivity contribution in [1.29, 1.82) is 0 Å². The summed E-state index contributed by atoms with van der Waals surface area (Å²) in [5.74, 6) is 0.244. The number of carboxylic acid groups (broad SMARTS) is 1. The first-order chi connectivity index (χ1) is 15.1. The van der Waals surface area contributed by atoms with Crippen molar-refractivity contribution in [1.82, 2.24) is 0 Å². The minimum atomic E-state index is -0.619. The van der Waals surface area contributed by atoms with Crippen LogP contribution in [0.1, 0.15) is 106 Å². The van der Waals surface area contributed by atoms with Crippen LogP contribution in [-0.2, 0) is 4.79 Å². The molecule has 0 aliphatic heterocycles. The largest absolute Gasteiger partial charge is 0.481 e. The molecular weight excluding hydrogens is 408 g/mol. The molecule has 5 aliphatic carbocycles. The van der Waals surface area contributed by atoms with Crippen LogP contribution in [0.5, 0.6) is 0 Å².